The van der Waals surface area contributed by atoms with Gasteiger partial charge in [0.05, 0.1) is 6.54 Å². The first kappa shape index (κ1) is 15.7. The van der Waals surface area contributed by atoms with Crippen molar-refractivity contribution in [2.45, 2.75) is 25.8 Å². The van der Waals surface area contributed by atoms with E-state index in [1.165, 1.54) is 19.3 Å². The molecule has 1 N–H and O–H groups in total. The number of nitrogens with zero attached hydrogens (tertiary/aromatic N) is 3. The van der Waals surface area contributed by atoms with Crippen LogP contribution < -0.4 is 10.2 Å². The number of hydrogen-bond donors (Lipinski definition) is 1. The number of benzene rings is 1. The third kappa shape index (κ3) is 4.20. The lowest BCUT2D eigenvalue weighted by Gasteiger charge is -2.27. The molecule has 2 heterocycles. The van der Waals surface area contributed by atoms with Crippen molar-refractivity contribution in [3.05, 3.63) is 52.9 Å². The van der Waals surface area contributed by atoms with Gasteiger partial charge in [0.15, 0.2) is 0 Å². The Morgan fingerprint density at radius 3 is 2.83 bits per heavy atom. The molecule has 1 aliphatic rings. The third-order valence-corrected chi connectivity index (χ3v) is 4.10. The molecular formula is C17H19ClN4O. The molecule has 1 saturated heterocycles. The van der Waals surface area contributed by atoms with Crippen LogP contribution in [-0.2, 0) is 6.54 Å². The SMILES string of the molecule is O=C(NCc1nccc(N2CCCCC2)n1)c1cccc(Cl)c1. The third-order valence-electron chi connectivity index (χ3n) is 3.86. The number of carbonyl (C=O) groups excluding carboxylic acids is 1. The van der Waals surface area contributed by atoms with Crippen molar-refractivity contribution in [3.8, 4) is 0 Å². The lowest BCUT2D eigenvalue weighted by molar-refractivity contribution is 0.0950. The van der Waals surface area contributed by atoms with Crippen LogP contribution >= 0.6 is 11.6 Å². The maximum absolute atomic E-state index is 12.1. The van der Waals surface area contributed by atoms with E-state index in [2.05, 4.69) is 20.2 Å². The van der Waals surface area contributed by atoms with Crippen LogP contribution in [0.2, 0.25) is 5.02 Å². The van der Waals surface area contributed by atoms with Gasteiger partial charge in [-0.3, -0.25) is 4.79 Å². The maximum Gasteiger partial charge on any atom is 0.251 e. The van der Waals surface area contributed by atoms with E-state index < -0.39 is 0 Å². The summed E-state index contributed by atoms with van der Waals surface area (Å²) in [6.45, 7) is 2.36. The predicted octanol–water partition coefficient (Wildman–Crippen LogP) is 3.05. The van der Waals surface area contributed by atoms with E-state index in [9.17, 15) is 4.79 Å². The van der Waals surface area contributed by atoms with Gasteiger partial charge in [-0.1, -0.05) is 17.7 Å². The lowest BCUT2D eigenvalue weighted by atomic mass is 10.1. The van der Waals surface area contributed by atoms with E-state index in [1.807, 2.05) is 6.07 Å². The average Bonchev–Trinajstić information content (AvgIpc) is 2.61. The van der Waals surface area contributed by atoms with Gasteiger partial charge in [-0.15, -0.1) is 0 Å². The molecule has 1 aliphatic heterocycles. The van der Waals surface area contributed by atoms with Crippen LogP contribution in [0, 0.1) is 0 Å². The van der Waals surface area contributed by atoms with Gasteiger partial charge in [0.25, 0.3) is 5.91 Å². The summed E-state index contributed by atoms with van der Waals surface area (Å²) in [5.74, 6) is 1.37. The van der Waals surface area contributed by atoms with Crippen molar-refractivity contribution < 1.29 is 4.79 Å². The summed E-state index contributed by atoms with van der Waals surface area (Å²) in [7, 11) is 0. The van der Waals surface area contributed by atoms with Crippen LogP contribution in [0.4, 0.5) is 5.82 Å². The predicted molar refractivity (Wildman–Crippen MR) is 90.7 cm³/mol. The molecule has 1 aromatic carbocycles. The van der Waals surface area contributed by atoms with Gasteiger partial charge in [-0.05, 0) is 43.5 Å². The van der Waals surface area contributed by atoms with Crippen molar-refractivity contribution in [1.82, 2.24) is 15.3 Å². The molecule has 0 atom stereocenters. The summed E-state index contributed by atoms with van der Waals surface area (Å²) < 4.78 is 0. The molecule has 6 heteroatoms. The van der Waals surface area contributed by atoms with Crippen LogP contribution in [0.15, 0.2) is 36.5 Å². The van der Waals surface area contributed by atoms with E-state index in [0.29, 0.717) is 23.0 Å². The summed E-state index contributed by atoms with van der Waals surface area (Å²) in [5.41, 5.74) is 0.532. The number of hydrogen-bond acceptors (Lipinski definition) is 4. The van der Waals surface area contributed by atoms with E-state index in [0.717, 1.165) is 18.9 Å². The second-order valence-electron chi connectivity index (χ2n) is 5.57. The summed E-state index contributed by atoms with van der Waals surface area (Å²) in [6, 6.07) is 8.79. The number of nitrogens with one attached hydrogen (secondary N) is 1. The topological polar surface area (TPSA) is 58.1 Å². The number of carbonyl (C=O) groups is 1. The molecule has 2 aromatic rings. The first-order valence-corrected chi connectivity index (χ1v) is 8.21. The molecule has 0 unspecified atom stereocenters. The quantitative estimate of drug-likeness (QED) is 0.936. The minimum absolute atomic E-state index is 0.181. The fourth-order valence-corrected chi connectivity index (χ4v) is 2.85. The minimum atomic E-state index is -0.181. The first-order valence-electron chi connectivity index (χ1n) is 7.83. The number of aromatic nitrogens is 2. The van der Waals surface area contributed by atoms with Gasteiger partial charge in [0, 0.05) is 29.9 Å². The highest BCUT2D eigenvalue weighted by Gasteiger charge is 2.13. The Morgan fingerprint density at radius 1 is 1.22 bits per heavy atom. The van der Waals surface area contributed by atoms with Gasteiger partial charge in [0.1, 0.15) is 11.6 Å². The van der Waals surface area contributed by atoms with Crippen molar-refractivity contribution in [2.24, 2.45) is 0 Å². The zero-order valence-electron chi connectivity index (χ0n) is 12.8. The van der Waals surface area contributed by atoms with Crippen molar-refractivity contribution in [3.63, 3.8) is 0 Å². The molecule has 0 aliphatic carbocycles. The highest BCUT2D eigenvalue weighted by atomic mass is 35.5. The number of anilines is 1. The molecule has 0 bridgehead atoms. The molecule has 1 amide bonds. The number of amides is 1. The smallest absolute Gasteiger partial charge is 0.251 e. The van der Waals surface area contributed by atoms with E-state index in [1.54, 1.807) is 30.5 Å². The molecular weight excluding hydrogens is 312 g/mol. The summed E-state index contributed by atoms with van der Waals surface area (Å²) in [5, 5.41) is 3.37. The van der Waals surface area contributed by atoms with Crippen molar-refractivity contribution in [2.75, 3.05) is 18.0 Å². The second-order valence-corrected chi connectivity index (χ2v) is 6.01. The van der Waals surface area contributed by atoms with E-state index in [-0.39, 0.29) is 5.91 Å². The zero-order valence-corrected chi connectivity index (χ0v) is 13.6. The summed E-state index contributed by atoms with van der Waals surface area (Å²) in [6.07, 6.45) is 5.43. The average molecular weight is 331 g/mol. The normalized spacial score (nSPS) is 14.6. The van der Waals surface area contributed by atoms with E-state index in [4.69, 9.17) is 11.6 Å². The Bertz CT molecular complexity index is 686. The zero-order chi connectivity index (χ0) is 16.1. The molecule has 3 rings (SSSR count). The van der Waals surface area contributed by atoms with E-state index >= 15 is 0 Å². The standard InChI is InChI=1S/C17H19ClN4O/c18-14-6-4-5-13(11-14)17(23)20-12-15-19-8-7-16(21-15)22-9-2-1-3-10-22/h4-8,11H,1-3,9-10,12H2,(H,20,23). The largest absolute Gasteiger partial charge is 0.357 e. The fraction of sp³-hybridized carbons (Fsp3) is 0.353. The highest BCUT2D eigenvalue weighted by molar-refractivity contribution is 6.30. The summed E-state index contributed by atoms with van der Waals surface area (Å²) in [4.78, 5) is 23.2. The molecule has 5 nitrogen and oxygen atoms in total. The number of piperidine rings is 1. The van der Waals surface area contributed by atoms with Gasteiger partial charge in [-0.2, -0.15) is 0 Å². The van der Waals surface area contributed by atoms with Crippen LogP contribution in [0.25, 0.3) is 0 Å². The maximum atomic E-state index is 12.1. The van der Waals surface area contributed by atoms with Gasteiger partial charge < -0.3 is 10.2 Å². The molecule has 120 valence electrons. The monoisotopic (exact) mass is 330 g/mol. The Balaban J connectivity index is 1.63. The molecule has 0 spiro atoms. The first-order chi connectivity index (χ1) is 11.2. The Morgan fingerprint density at radius 2 is 2.04 bits per heavy atom. The Kier molecular flexibility index (Phi) is 5.08. The summed E-state index contributed by atoms with van der Waals surface area (Å²) >= 11 is 5.90. The molecule has 0 saturated carbocycles. The second kappa shape index (κ2) is 7.42. The molecule has 1 fully saturated rings. The van der Waals surface area contributed by atoms with Gasteiger partial charge >= 0.3 is 0 Å². The molecule has 0 radical (unpaired) electrons. The van der Waals surface area contributed by atoms with Crippen LogP contribution in [0.1, 0.15) is 35.4 Å². The number of halogens is 1. The van der Waals surface area contributed by atoms with Crippen LogP contribution in [0.3, 0.4) is 0 Å². The van der Waals surface area contributed by atoms with Crippen LogP contribution in [-0.4, -0.2) is 29.0 Å². The van der Waals surface area contributed by atoms with Gasteiger partial charge in [-0.25, -0.2) is 9.97 Å². The molecule has 1 aromatic heterocycles. The van der Waals surface area contributed by atoms with Crippen LogP contribution in [0.5, 0.6) is 0 Å². The van der Waals surface area contributed by atoms with Gasteiger partial charge in [0.2, 0.25) is 0 Å². The van der Waals surface area contributed by atoms with Crippen molar-refractivity contribution in [1.29, 1.82) is 0 Å². The van der Waals surface area contributed by atoms with Crippen molar-refractivity contribution >= 4 is 23.3 Å². The molecule has 23 heavy (non-hydrogen) atoms. The Labute approximate surface area is 140 Å². The highest BCUT2D eigenvalue weighted by Crippen LogP contribution is 2.17. The lowest BCUT2D eigenvalue weighted by Crippen LogP contribution is -2.31. The Hall–Kier alpha value is -2.14. The minimum Gasteiger partial charge on any atom is -0.357 e. The fourth-order valence-electron chi connectivity index (χ4n) is 2.66. The number of rotatable bonds is 4.